The quantitative estimate of drug-likeness (QED) is 0.667. The van der Waals surface area contributed by atoms with E-state index in [1.54, 1.807) is 11.3 Å². The number of hydrogen-bond donors (Lipinski definition) is 1. The zero-order valence-corrected chi connectivity index (χ0v) is 18.9. The normalized spacial score (nSPS) is 21.6. The number of aromatic nitrogens is 3. The van der Waals surface area contributed by atoms with Crippen molar-refractivity contribution in [1.29, 1.82) is 0 Å². The molecule has 1 fully saturated rings. The van der Waals surface area contributed by atoms with Crippen molar-refractivity contribution >= 4 is 34.6 Å². The first-order valence-corrected chi connectivity index (χ1v) is 11.2. The number of hydrogen-bond acceptors (Lipinski definition) is 5. The molecular formula is C22H22ClN5OS. The van der Waals surface area contributed by atoms with E-state index >= 15 is 0 Å². The highest BCUT2D eigenvalue weighted by molar-refractivity contribution is 7.15. The van der Waals surface area contributed by atoms with E-state index in [2.05, 4.69) is 33.9 Å². The van der Waals surface area contributed by atoms with Gasteiger partial charge in [-0.05, 0) is 51.8 Å². The third-order valence-corrected chi connectivity index (χ3v) is 7.49. The van der Waals surface area contributed by atoms with Crippen LogP contribution >= 0.6 is 22.9 Å². The molecule has 5 rings (SSSR count). The van der Waals surface area contributed by atoms with Crippen LogP contribution in [-0.2, 0) is 10.3 Å². The third kappa shape index (κ3) is 2.68. The van der Waals surface area contributed by atoms with Crippen LogP contribution in [0, 0.1) is 26.7 Å². The van der Waals surface area contributed by atoms with Gasteiger partial charge in [0.25, 0.3) is 0 Å². The molecule has 1 aliphatic heterocycles. The van der Waals surface area contributed by atoms with Gasteiger partial charge in [0.15, 0.2) is 5.82 Å². The summed E-state index contributed by atoms with van der Waals surface area (Å²) in [5, 5.41) is 13.6. The van der Waals surface area contributed by atoms with Gasteiger partial charge in [0.05, 0.1) is 11.6 Å². The SMILES string of the molecule is CCNC(=O)[C@@H]1C[C@]12N=C(c1ccc(Cl)cc1)c1c(sc(C)c1C)-n1c(C)nnc12. The fourth-order valence-corrected chi connectivity index (χ4v) is 5.62. The van der Waals surface area contributed by atoms with E-state index in [1.165, 1.54) is 10.4 Å². The van der Waals surface area contributed by atoms with Crippen molar-refractivity contribution in [2.45, 2.75) is 39.7 Å². The number of aliphatic imine (C=N–C) groups is 1. The lowest BCUT2D eigenvalue weighted by molar-refractivity contribution is -0.122. The van der Waals surface area contributed by atoms with Crippen LogP contribution in [0.15, 0.2) is 29.3 Å². The molecule has 3 heterocycles. The van der Waals surface area contributed by atoms with Crippen molar-refractivity contribution in [3.63, 3.8) is 0 Å². The summed E-state index contributed by atoms with van der Waals surface area (Å²) in [6.45, 7) is 8.73. The number of fused-ring (bicyclic) bond motifs is 4. The van der Waals surface area contributed by atoms with Gasteiger partial charge in [-0.1, -0.05) is 23.7 Å². The van der Waals surface area contributed by atoms with Crippen molar-refractivity contribution in [2.75, 3.05) is 6.54 Å². The van der Waals surface area contributed by atoms with Gasteiger partial charge in [0.1, 0.15) is 16.4 Å². The summed E-state index contributed by atoms with van der Waals surface area (Å²) in [6.07, 6.45) is 0.626. The molecule has 30 heavy (non-hydrogen) atoms. The Bertz CT molecular complexity index is 1210. The number of aryl methyl sites for hydroxylation is 2. The largest absolute Gasteiger partial charge is 0.356 e. The second-order valence-corrected chi connectivity index (χ2v) is 9.55. The van der Waals surface area contributed by atoms with Crippen LogP contribution < -0.4 is 5.32 Å². The van der Waals surface area contributed by atoms with Crippen molar-refractivity contribution in [2.24, 2.45) is 10.9 Å². The molecule has 154 valence electrons. The Labute approximate surface area is 184 Å². The molecule has 2 atom stereocenters. The summed E-state index contributed by atoms with van der Waals surface area (Å²) in [4.78, 5) is 19.3. The highest BCUT2D eigenvalue weighted by Gasteiger charge is 2.64. The zero-order valence-electron chi connectivity index (χ0n) is 17.3. The van der Waals surface area contributed by atoms with Crippen molar-refractivity contribution in [1.82, 2.24) is 20.1 Å². The number of nitrogens with zero attached hydrogens (tertiary/aromatic N) is 4. The van der Waals surface area contributed by atoms with E-state index in [4.69, 9.17) is 16.6 Å². The Kier molecular flexibility index (Phi) is 4.38. The van der Waals surface area contributed by atoms with Crippen molar-refractivity contribution in [3.8, 4) is 5.00 Å². The van der Waals surface area contributed by atoms with Gasteiger partial charge in [0, 0.05) is 27.6 Å². The minimum atomic E-state index is -0.700. The maximum Gasteiger partial charge on any atom is 0.226 e. The first-order chi connectivity index (χ1) is 14.4. The van der Waals surface area contributed by atoms with E-state index in [-0.39, 0.29) is 11.8 Å². The second-order valence-electron chi connectivity index (χ2n) is 7.91. The summed E-state index contributed by atoms with van der Waals surface area (Å²) in [6, 6.07) is 7.75. The van der Waals surface area contributed by atoms with Crippen molar-refractivity contribution < 1.29 is 4.79 Å². The van der Waals surface area contributed by atoms with Gasteiger partial charge < -0.3 is 5.32 Å². The predicted octanol–water partition coefficient (Wildman–Crippen LogP) is 4.11. The van der Waals surface area contributed by atoms with E-state index in [9.17, 15) is 4.79 Å². The summed E-state index contributed by atoms with van der Waals surface area (Å²) in [5.74, 6) is 1.32. The monoisotopic (exact) mass is 439 g/mol. The van der Waals surface area contributed by atoms with Crippen LogP contribution in [0.3, 0.4) is 0 Å². The molecule has 0 unspecified atom stereocenters. The molecule has 1 spiro atoms. The number of amides is 1. The number of carbonyl (C=O) groups excluding carboxylic acids is 1. The van der Waals surface area contributed by atoms with E-state index in [0.29, 0.717) is 18.0 Å². The van der Waals surface area contributed by atoms with E-state index in [1.807, 2.05) is 38.1 Å². The fraction of sp³-hybridized carbons (Fsp3) is 0.364. The highest BCUT2D eigenvalue weighted by atomic mass is 35.5. The van der Waals surface area contributed by atoms with E-state index < -0.39 is 5.54 Å². The number of nitrogens with one attached hydrogen (secondary N) is 1. The number of rotatable bonds is 3. The number of halogens is 1. The lowest BCUT2D eigenvalue weighted by Crippen LogP contribution is -2.29. The Balaban J connectivity index is 1.80. The van der Waals surface area contributed by atoms with Gasteiger partial charge in [-0.2, -0.15) is 0 Å². The van der Waals surface area contributed by atoms with Crippen LogP contribution in [0.2, 0.25) is 5.02 Å². The van der Waals surface area contributed by atoms with Gasteiger partial charge in [-0.3, -0.25) is 14.4 Å². The molecule has 0 bridgehead atoms. The maximum atomic E-state index is 12.8. The molecule has 0 saturated heterocycles. The molecule has 0 radical (unpaired) electrons. The van der Waals surface area contributed by atoms with Crippen LogP contribution in [0.4, 0.5) is 0 Å². The molecular weight excluding hydrogens is 418 g/mol. The molecule has 1 aromatic carbocycles. The average molecular weight is 440 g/mol. The first kappa shape index (κ1) is 19.5. The number of carbonyl (C=O) groups is 1. The Morgan fingerprint density at radius 2 is 2.00 bits per heavy atom. The molecule has 1 amide bonds. The fourth-order valence-electron chi connectivity index (χ4n) is 4.28. The zero-order chi connectivity index (χ0) is 21.2. The molecule has 3 aromatic rings. The van der Waals surface area contributed by atoms with Crippen LogP contribution in [0.1, 0.15) is 46.6 Å². The predicted molar refractivity (Wildman–Crippen MR) is 119 cm³/mol. The molecule has 2 aliphatic rings. The Morgan fingerprint density at radius 1 is 1.27 bits per heavy atom. The van der Waals surface area contributed by atoms with Crippen LogP contribution in [-0.4, -0.2) is 32.9 Å². The van der Waals surface area contributed by atoms with Crippen LogP contribution in [0.25, 0.3) is 5.00 Å². The summed E-state index contributed by atoms with van der Waals surface area (Å²) >= 11 is 7.87. The average Bonchev–Trinajstić information content (AvgIpc) is 3.24. The molecule has 1 N–H and O–H groups in total. The standard InChI is InChI=1S/C22H22ClN5OS/c1-5-24-19(29)16-10-22(16)21-27-26-13(4)28(21)20-17(11(2)12(3)30-20)18(25-22)14-6-8-15(23)9-7-14/h6-9,16H,5,10H2,1-4H3,(H,24,29)/t16-,22-/m0/s1. The number of benzene rings is 1. The maximum absolute atomic E-state index is 12.8. The second kappa shape index (κ2) is 6.75. The van der Waals surface area contributed by atoms with Gasteiger partial charge in [-0.15, -0.1) is 21.5 Å². The topological polar surface area (TPSA) is 72.2 Å². The molecule has 8 heteroatoms. The van der Waals surface area contributed by atoms with Crippen molar-refractivity contribution in [3.05, 3.63) is 62.5 Å². The molecule has 1 saturated carbocycles. The lowest BCUT2D eigenvalue weighted by Gasteiger charge is -2.13. The smallest absolute Gasteiger partial charge is 0.226 e. The molecule has 2 aromatic heterocycles. The van der Waals surface area contributed by atoms with Gasteiger partial charge in [-0.25, -0.2) is 0 Å². The lowest BCUT2D eigenvalue weighted by atomic mass is 9.99. The highest BCUT2D eigenvalue weighted by Crippen LogP contribution is 2.57. The van der Waals surface area contributed by atoms with E-state index in [0.717, 1.165) is 33.5 Å². The van der Waals surface area contributed by atoms with Gasteiger partial charge in [0.2, 0.25) is 5.91 Å². The van der Waals surface area contributed by atoms with Crippen LogP contribution in [0.5, 0.6) is 0 Å². The first-order valence-electron chi connectivity index (χ1n) is 10.0. The Hall–Kier alpha value is -2.51. The number of thiophene rings is 1. The summed E-state index contributed by atoms with van der Waals surface area (Å²) in [5.41, 5.74) is 3.45. The Morgan fingerprint density at radius 3 is 2.70 bits per heavy atom. The minimum Gasteiger partial charge on any atom is -0.356 e. The summed E-state index contributed by atoms with van der Waals surface area (Å²) in [7, 11) is 0. The molecule has 6 nitrogen and oxygen atoms in total. The summed E-state index contributed by atoms with van der Waals surface area (Å²) < 4.78 is 2.10. The molecule has 1 aliphatic carbocycles. The third-order valence-electron chi connectivity index (χ3n) is 6.05. The van der Waals surface area contributed by atoms with Gasteiger partial charge >= 0.3 is 0 Å². The minimum absolute atomic E-state index is 0.0158.